The molecule has 5 nitrogen and oxygen atoms in total. The molecule has 3 N–H and O–H groups in total. The lowest BCUT2D eigenvalue weighted by atomic mass is 9.60. The summed E-state index contributed by atoms with van der Waals surface area (Å²) in [5.74, 6) is 0.604. The minimum Gasteiger partial charge on any atom is -0.445 e. The van der Waals surface area contributed by atoms with Crippen LogP contribution in [0.2, 0.25) is 0 Å². The Balaban J connectivity index is 1.87. The molecular weight excluding hydrogens is 292 g/mol. The fourth-order valence-corrected chi connectivity index (χ4v) is 3.54. The van der Waals surface area contributed by atoms with Gasteiger partial charge in [-0.2, -0.15) is 0 Å². The van der Waals surface area contributed by atoms with Crippen LogP contribution in [0.25, 0.3) is 0 Å². The molecule has 2 aliphatic carbocycles. The van der Waals surface area contributed by atoms with E-state index in [9.17, 15) is 4.79 Å². The predicted molar refractivity (Wildman–Crippen MR) is 91.1 cm³/mol. The number of nitrogens with one attached hydrogen (secondary N) is 1. The third-order valence-electron chi connectivity index (χ3n) is 4.83. The molecule has 23 heavy (non-hydrogen) atoms. The van der Waals surface area contributed by atoms with Gasteiger partial charge in [0.2, 0.25) is 0 Å². The van der Waals surface area contributed by atoms with Crippen molar-refractivity contribution in [2.24, 2.45) is 17.6 Å². The van der Waals surface area contributed by atoms with Gasteiger partial charge in [0.05, 0.1) is 5.60 Å². The maximum absolute atomic E-state index is 11.9. The third kappa shape index (κ3) is 4.36. The average Bonchev–Trinajstić information content (AvgIpc) is 2.54. The quantitative estimate of drug-likeness (QED) is 0.707. The number of rotatable bonds is 7. The molecule has 0 aromatic heterocycles. The Hall–Kier alpha value is -1.33. The second-order valence-corrected chi connectivity index (χ2v) is 6.76. The molecular formula is C18H30N2O3. The van der Waals surface area contributed by atoms with E-state index in [-0.39, 0.29) is 17.8 Å². The highest BCUT2D eigenvalue weighted by Gasteiger charge is 2.50. The normalized spacial score (nSPS) is 32.9. The predicted octanol–water partition coefficient (Wildman–Crippen LogP) is 2.77. The van der Waals surface area contributed by atoms with Crippen LogP contribution in [0.3, 0.4) is 0 Å². The van der Waals surface area contributed by atoms with E-state index in [1.165, 1.54) is 5.57 Å². The lowest BCUT2D eigenvalue weighted by Crippen LogP contribution is -2.53. The van der Waals surface area contributed by atoms with E-state index < -0.39 is 0 Å². The number of carbonyl (C=O) groups excluding carboxylic acids is 1. The van der Waals surface area contributed by atoms with Crippen LogP contribution in [0.4, 0.5) is 4.79 Å². The van der Waals surface area contributed by atoms with Gasteiger partial charge in [0, 0.05) is 31.5 Å². The molecule has 0 aromatic carbocycles. The summed E-state index contributed by atoms with van der Waals surface area (Å²) in [6, 6.07) is 0. The number of hydrogen-bond acceptors (Lipinski definition) is 4. The summed E-state index contributed by atoms with van der Waals surface area (Å²) in [6.45, 7) is 8.11. The van der Waals surface area contributed by atoms with Crippen molar-refractivity contribution in [1.29, 1.82) is 0 Å². The topological polar surface area (TPSA) is 73.6 Å². The van der Waals surface area contributed by atoms with Gasteiger partial charge in [0.25, 0.3) is 0 Å². The van der Waals surface area contributed by atoms with Crippen molar-refractivity contribution < 1.29 is 14.3 Å². The first-order chi connectivity index (χ1) is 11.0. The van der Waals surface area contributed by atoms with Gasteiger partial charge in [-0.05, 0) is 26.2 Å². The number of nitrogens with two attached hydrogens (primary N) is 1. The van der Waals surface area contributed by atoms with Crippen molar-refractivity contribution in [2.75, 3.05) is 19.7 Å². The Morgan fingerprint density at radius 2 is 2.30 bits per heavy atom. The first kappa shape index (κ1) is 18.0. The Morgan fingerprint density at radius 1 is 1.52 bits per heavy atom. The van der Waals surface area contributed by atoms with E-state index in [0.29, 0.717) is 24.9 Å². The smallest absolute Gasteiger partial charge is 0.407 e. The maximum atomic E-state index is 11.9. The molecule has 1 fully saturated rings. The van der Waals surface area contributed by atoms with Crippen LogP contribution in [0, 0.1) is 11.8 Å². The first-order valence-electron chi connectivity index (χ1n) is 8.64. The SMILES string of the molecule is CCCOC1(C)CC=C2C(C)C(OC(=O)NC/C=C/CN)C2C1. The van der Waals surface area contributed by atoms with Gasteiger partial charge in [-0.3, -0.25) is 0 Å². The van der Waals surface area contributed by atoms with Crippen molar-refractivity contribution in [3.05, 3.63) is 23.8 Å². The first-order valence-corrected chi connectivity index (χ1v) is 8.64. The zero-order chi connectivity index (χ0) is 16.9. The molecule has 0 heterocycles. The van der Waals surface area contributed by atoms with Crippen molar-refractivity contribution in [1.82, 2.24) is 5.32 Å². The average molecular weight is 322 g/mol. The second kappa shape index (κ2) is 7.97. The number of amides is 1. The van der Waals surface area contributed by atoms with Gasteiger partial charge < -0.3 is 20.5 Å². The van der Waals surface area contributed by atoms with Gasteiger partial charge in [-0.1, -0.05) is 37.6 Å². The lowest BCUT2D eigenvalue weighted by Gasteiger charge is -2.51. The van der Waals surface area contributed by atoms with E-state index in [1.54, 1.807) is 0 Å². The van der Waals surface area contributed by atoms with Gasteiger partial charge >= 0.3 is 6.09 Å². The summed E-state index contributed by atoms with van der Waals surface area (Å²) in [5.41, 5.74) is 6.65. The zero-order valence-corrected chi connectivity index (χ0v) is 14.5. The number of alkyl carbamates (subject to hydrolysis) is 1. The minimum atomic E-state index is -0.357. The summed E-state index contributed by atoms with van der Waals surface area (Å²) in [5, 5.41) is 2.73. The van der Waals surface area contributed by atoms with Crippen LogP contribution in [-0.2, 0) is 9.47 Å². The van der Waals surface area contributed by atoms with Gasteiger partial charge in [0.15, 0.2) is 0 Å². The summed E-state index contributed by atoms with van der Waals surface area (Å²) >= 11 is 0. The fraction of sp³-hybridized carbons (Fsp3) is 0.722. The van der Waals surface area contributed by atoms with Crippen molar-refractivity contribution in [3.63, 3.8) is 0 Å². The van der Waals surface area contributed by atoms with Crippen molar-refractivity contribution in [2.45, 2.75) is 51.7 Å². The molecule has 1 amide bonds. The Morgan fingerprint density at radius 3 is 3.00 bits per heavy atom. The highest BCUT2D eigenvalue weighted by molar-refractivity contribution is 5.68. The summed E-state index contributed by atoms with van der Waals surface area (Å²) in [7, 11) is 0. The highest BCUT2D eigenvalue weighted by atomic mass is 16.6. The van der Waals surface area contributed by atoms with E-state index in [4.69, 9.17) is 15.2 Å². The molecule has 2 rings (SSSR count). The molecule has 0 saturated heterocycles. The zero-order valence-electron chi connectivity index (χ0n) is 14.5. The van der Waals surface area contributed by atoms with E-state index in [1.807, 2.05) is 12.2 Å². The Labute approximate surface area is 139 Å². The third-order valence-corrected chi connectivity index (χ3v) is 4.83. The standard InChI is InChI=1S/C18H30N2O3/c1-4-11-22-18(3)8-7-14-13(2)16(15(14)12-18)23-17(21)20-10-6-5-9-19/h5-7,13,15-16H,4,8-12,19H2,1-3H3,(H,20,21)/b6-5+. The van der Waals surface area contributed by atoms with E-state index in [2.05, 4.69) is 32.2 Å². The Kier molecular flexibility index (Phi) is 6.25. The Bertz CT molecular complexity index is 475. The van der Waals surface area contributed by atoms with Crippen LogP contribution < -0.4 is 11.1 Å². The monoisotopic (exact) mass is 322 g/mol. The lowest BCUT2D eigenvalue weighted by molar-refractivity contribution is -0.0872. The minimum absolute atomic E-state index is 0.0513. The molecule has 1 saturated carbocycles. The molecule has 2 aliphatic rings. The molecule has 0 aliphatic heterocycles. The van der Waals surface area contributed by atoms with Crippen molar-refractivity contribution in [3.8, 4) is 0 Å². The summed E-state index contributed by atoms with van der Waals surface area (Å²) < 4.78 is 11.7. The number of ether oxygens (including phenoxy) is 2. The molecule has 0 radical (unpaired) electrons. The van der Waals surface area contributed by atoms with Gasteiger partial charge in [0.1, 0.15) is 6.10 Å². The highest BCUT2D eigenvalue weighted by Crippen LogP contribution is 2.50. The van der Waals surface area contributed by atoms with Crippen LogP contribution in [0.15, 0.2) is 23.8 Å². The second-order valence-electron chi connectivity index (χ2n) is 6.76. The molecule has 0 spiro atoms. The maximum Gasteiger partial charge on any atom is 0.407 e. The van der Waals surface area contributed by atoms with Crippen LogP contribution in [0.5, 0.6) is 0 Å². The van der Waals surface area contributed by atoms with Crippen LogP contribution in [0.1, 0.15) is 40.0 Å². The van der Waals surface area contributed by atoms with E-state index in [0.717, 1.165) is 25.9 Å². The molecule has 0 aromatic rings. The molecule has 4 unspecified atom stereocenters. The van der Waals surface area contributed by atoms with Crippen molar-refractivity contribution >= 4 is 6.09 Å². The number of hydrogen-bond donors (Lipinski definition) is 2. The summed E-state index contributed by atoms with van der Waals surface area (Å²) in [6.07, 6.45) is 8.41. The summed E-state index contributed by atoms with van der Waals surface area (Å²) in [4.78, 5) is 11.9. The van der Waals surface area contributed by atoms with Gasteiger partial charge in [-0.25, -0.2) is 4.79 Å². The van der Waals surface area contributed by atoms with E-state index >= 15 is 0 Å². The number of carbonyl (C=O) groups is 1. The molecule has 0 bridgehead atoms. The fourth-order valence-electron chi connectivity index (χ4n) is 3.54. The molecule has 4 atom stereocenters. The molecule has 130 valence electrons. The van der Waals surface area contributed by atoms with Crippen LogP contribution in [-0.4, -0.2) is 37.5 Å². The number of fused-ring (bicyclic) bond motifs is 1. The molecule has 5 heteroatoms. The van der Waals surface area contributed by atoms with Gasteiger partial charge in [-0.15, -0.1) is 0 Å². The largest absolute Gasteiger partial charge is 0.445 e. The van der Waals surface area contributed by atoms with Crippen LogP contribution >= 0.6 is 0 Å².